The fourth-order valence-corrected chi connectivity index (χ4v) is 4.85. The van der Waals surface area contributed by atoms with Gasteiger partial charge in [0.05, 0.1) is 0 Å². The molecule has 0 spiro atoms. The summed E-state index contributed by atoms with van der Waals surface area (Å²) >= 11 is 35.7. The molecule has 0 bridgehead atoms. The Morgan fingerprint density at radius 3 is 1.35 bits per heavy atom. The molecule has 0 nitrogen and oxygen atoms in total. The van der Waals surface area contributed by atoms with Crippen LogP contribution in [0.1, 0.15) is 22.3 Å². The van der Waals surface area contributed by atoms with Crippen LogP contribution in [-0.4, -0.2) is 12.0 Å². The molecule has 0 aliphatic carbocycles. The second-order valence-electron chi connectivity index (χ2n) is 4.94. The summed E-state index contributed by atoms with van der Waals surface area (Å²) in [6.07, 6.45) is 1.57. The van der Waals surface area contributed by atoms with E-state index in [1.54, 1.807) is 0 Å². The first kappa shape index (κ1) is 19.4. The molecule has 0 aromatic heterocycles. The number of hydrogen-bond acceptors (Lipinski definition) is 0. The molecule has 114 valence electrons. The predicted molar refractivity (Wildman–Crippen MR) is 99.6 cm³/mol. The first-order valence-electron chi connectivity index (χ1n) is 6.20. The lowest BCUT2D eigenvalue weighted by atomic mass is 9.97. The fraction of sp³-hybridized carbons (Fsp3) is 0.500. The van der Waals surface area contributed by atoms with Crippen LogP contribution in [0.2, 0.25) is 12.1 Å². The molecule has 0 aliphatic rings. The third-order valence-corrected chi connectivity index (χ3v) is 8.19. The van der Waals surface area contributed by atoms with Gasteiger partial charge in [0.1, 0.15) is 0 Å². The van der Waals surface area contributed by atoms with Crippen LogP contribution in [0.3, 0.4) is 0 Å². The quantitative estimate of drug-likeness (QED) is 0.349. The van der Waals surface area contributed by atoms with Crippen LogP contribution < -0.4 is 0 Å². The van der Waals surface area contributed by atoms with Crippen molar-refractivity contribution in [2.24, 2.45) is 0 Å². The van der Waals surface area contributed by atoms with Crippen LogP contribution in [0, 0.1) is 13.8 Å². The van der Waals surface area contributed by atoms with E-state index < -0.39 is 12.0 Å². The molecule has 0 saturated heterocycles. The maximum atomic E-state index is 5.95. The van der Waals surface area contributed by atoms with Crippen molar-refractivity contribution < 1.29 is 0 Å². The van der Waals surface area contributed by atoms with E-state index in [1.807, 2.05) is 0 Å². The van der Waals surface area contributed by atoms with Gasteiger partial charge in [-0.15, -0.1) is 66.5 Å². The van der Waals surface area contributed by atoms with Crippen LogP contribution in [-0.2, 0) is 12.8 Å². The molecule has 0 heterocycles. The first-order valence-corrected chi connectivity index (χ1v) is 16.7. The summed E-state index contributed by atoms with van der Waals surface area (Å²) in [6.45, 7) is 4.16. The smallest absolute Gasteiger partial charge is 0.126 e. The van der Waals surface area contributed by atoms with Gasteiger partial charge < -0.3 is 0 Å². The SMILES string of the molecule is Cc1cc(C)c(CC[Si](Cl)(Cl)Cl)cc1CC[Si](Cl)(Cl)Cl. The van der Waals surface area contributed by atoms with Gasteiger partial charge in [-0.3, -0.25) is 0 Å². The van der Waals surface area contributed by atoms with E-state index in [0.717, 1.165) is 12.8 Å². The monoisotopic (exact) mass is 426 g/mol. The lowest BCUT2D eigenvalue weighted by Crippen LogP contribution is -2.12. The van der Waals surface area contributed by atoms with Gasteiger partial charge in [-0.2, -0.15) is 0 Å². The maximum absolute atomic E-state index is 5.95. The van der Waals surface area contributed by atoms with Gasteiger partial charge in [-0.25, -0.2) is 0 Å². The van der Waals surface area contributed by atoms with Gasteiger partial charge >= 0.3 is 12.0 Å². The lowest BCUT2D eigenvalue weighted by molar-refractivity contribution is 1.04. The molecule has 1 aromatic carbocycles. The van der Waals surface area contributed by atoms with Gasteiger partial charge in [0, 0.05) is 0 Å². The second kappa shape index (κ2) is 7.78. The number of benzene rings is 1. The normalized spacial score (nSPS) is 12.8. The zero-order valence-electron chi connectivity index (χ0n) is 11.3. The minimum Gasteiger partial charge on any atom is -0.126 e. The van der Waals surface area contributed by atoms with Crippen molar-refractivity contribution in [2.75, 3.05) is 0 Å². The molecule has 0 aliphatic heterocycles. The summed E-state index contributed by atoms with van der Waals surface area (Å²) in [5.41, 5.74) is 4.88. The highest BCUT2D eigenvalue weighted by Crippen LogP contribution is 2.30. The van der Waals surface area contributed by atoms with E-state index in [0.29, 0.717) is 12.1 Å². The van der Waals surface area contributed by atoms with E-state index in [1.165, 1.54) is 22.3 Å². The Kier molecular flexibility index (Phi) is 7.57. The van der Waals surface area contributed by atoms with E-state index in [9.17, 15) is 0 Å². The van der Waals surface area contributed by atoms with Crippen LogP contribution >= 0.6 is 66.5 Å². The highest BCUT2D eigenvalue weighted by Gasteiger charge is 2.26. The standard InChI is InChI=1S/C12H16Cl6Si2/c1-9-7-10(2)12(4-6-20(16,17)18)8-11(9)3-5-19(13,14)15/h7-8H,3-6H2,1-2H3. The van der Waals surface area contributed by atoms with E-state index in [4.69, 9.17) is 66.5 Å². The summed E-state index contributed by atoms with van der Waals surface area (Å²) in [5, 5.41) is 0. The molecule has 8 heteroatoms. The van der Waals surface area contributed by atoms with Gasteiger partial charge in [-0.05, 0) is 61.0 Å². The highest BCUT2D eigenvalue weighted by molar-refractivity contribution is 7.65. The summed E-state index contributed by atoms with van der Waals surface area (Å²) < 4.78 is 0. The van der Waals surface area contributed by atoms with Crippen molar-refractivity contribution in [1.82, 2.24) is 0 Å². The number of halogens is 6. The molecule has 0 radical (unpaired) electrons. The second-order valence-corrected chi connectivity index (χ2v) is 23.5. The Morgan fingerprint density at radius 2 is 1.05 bits per heavy atom. The van der Waals surface area contributed by atoms with E-state index in [-0.39, 0.29) is 0 Å². The van der Waals surface area contributed by atoms with Crippen molar-refractivity contribution in [1.29, 1.82) is 0 Å². The van der Waals surface area contributed by atoms with Crippen molar-refractivity contribution >= 4 is 78.5 Å². The van der Waals surface area contributed by atoms with Crippen LogP contribution in [0.25, 0.3) is 0 Å². The van der Waals surface area contributed by atoms with Crippen molar-refractivity contribution in [2.45, 2.75) is 38.8 Å². The first-order chi connectivity index (χ1) is 8.98. The summed E-state index contributed by atoms with van der Waals surface area (Å²) in [5.74, 6) is 0. The molecule has 0 saturated carbocycles. The zero-order chi connectivity index (χ0) is 15.6. The number of aryl methyl sites for hydroxylation is 4. The average molecular weight is 429 g/mol. The molecule has 0 amide bonds. The third kappa shape index (κ3) is 7.59. The Morgan fingerprint density at radius 1 is 0.700 bits per heavy atom. The molecular weight excluding hydrogens is 413 g/mol. The van der Waals surface area contributed by atoms with Gasteiger partial charge in [-0.1, -0.05) is 12.1 Å². The molecule has 0 fully saturated rings. The summed E-state index contributed by atoms with van der Waals surface area (Å²) in [4.78, 5) is 0. The van der Waals surface area contributed by atoms with E-state index >= 15 is 0 Å². The minimum absolute atomic E-state index is 0.625. The topological polar surface area (TPSA) is 0 Å². The predicted octanol–water partition coefficient (Wildman–Crippen LogP) is 6.70. The van der Waals surface area contributed by atoms with Gasteiger partial charge in [0.25, 0.3) is 0 Å². The molecule has 0 N–H and O–H groups in total. The summed E-state index contributed by atoms with van der Waals surface area (Å²) in [7, 11) is 0. The van der Waals surface area contributed by atoms with Crippen molar-refractivity contribution in [3.63, 3.8) is 0 Å². The van der Waals surface area contributed by atoms with Crippen molar-refractivity contribution in [3.8, 4) is 0 Å². The van der Waals surface area contributed by atoms with Crippen LogP contribution in [0.4, 0.5) is 0 Å². The fourth-order valence-electron chi connectivity index (χ4n) is 2.04. The molecular formula is C12H16Cl6Si2. The van der Waals surface area contributed by atoms with Crippen molar-refractivity contribution in [3.05, 3.63) is 34.4 Å². The summed E-state index contributed by atoms with van der Waals surface area (Å²) in [6, 6.07) is 0.410. The van der Waals surface area contributed by atoms with Gasteiger partial charge in [0.15, 0.2) is 0 Å². The zero-order valence-corrected chi connectivity index (χ0v) is 17.8. The van der Waals surface area contributed by atoms with Crippen LogP contribution in [0.5, 0.6) is 0 Å². The van der Waals surface area contributed by atoms with Gasteiger partial charge in [0.2, 0.25) is 0 Å². The van der Waals surface area contributed by atoms with E-state index in [2.05, 4.69) is 26.0 Å². The molecule has 0 unspecified atom stereocenters. The third-order valence-electron chi connectivity index (χ3n) is 3.15. The lowest BCUT2D eigenvalue weighted by Gasteiger charge is -2.15. The number of hydrogen-bond donors (Lipinski definition) is 0. The average Bonchev–Trinajstić information content (AvgIpc) is 2.24. The Labute approximate surface area is 150 Å². The highest BCUT2D eigenvalue weighted by atomic mass is 35.8. The molecule has 20 heavy (non-hydrogen) atoms. The Balaban J connectivity index is 2.86. The Hall–Kier alpha value is 1.39. The molecule has 1 rings (SSSR count). The number of rotatable bonds is 6. The largest absolute Gasteiger partial charge is 0.341 e. The maximum Gasteiger partial charge on any atom is 0.341 e. The molecule has 0 atom stereocenters. The Bertz CT molecular complexity index is 425. The molecule has 1 aromatic rings. The van der Waals surface area contributed by atoms with Crippen LogP contribution in [0.15, 0.2) is 12.1 Å². The minimum atomic E-state index is -2.58.